The van der Waals surface area contributed by atoms with Crippen molar-refractivity contribution in [3.63, 3.8) is 0 Å². The molecule has 3 rings (SSSR count). The van der Waals surface area contributed by atoms with Crippen LogP contribution in [0, 0.1) is 5.92 Å². The number of hydrogen-bond acceptors (Lipinski definition) is 2. The maximum absolute atomic E-state index is 5.89. The summed E-state index contributed by atoms with van der Waals surface area (Å²) >= 11 is 0. The SMILES string of the molecule is CC(NCC1Cc2ccccc2O1)C1CC1. The lowest BCUT2D eigenvalue weighted by Crippen LogP contribution is -2.36. The smallest absolute Gasteiger partial charge is 0.123 e. The van der Waals surface area contributed by atoms with Gasteiger partial charge in [0.25, 0.3) is 0 Å². The minimum absolute atomic E-state index is 0.332. The summed E-state index contributed by atoms with van der Waals surface area (Å²) in [7, 11) is 0. The number of para-hydroxylation sites is 1. The average molecular weight is 217 g/mol. The summed E-state index contributed by atoms with van der Waals surface area (Å²) in [6, 6.07) is 9.03. The molecule has 0 amide bonds. The first-order valence-corrected chi connectivity index (χ1v) is 6.31. The molecule has 2 atom stereocenters. The number of nitrogens with one attached hydrogen (secondary N) is 1. The van der Waals surface area contributed by atoms with E-state index >= 15 is 0 Å². The van der Waals surface area contributed by atoms with Gasteiger partial charge in [-0.2, -0.15) is 0 Å². The van der Waals surface area contributed by atoms with E-state index in [0.717, 1.165) is 24.6 Å². The second-order valence-electron chi connectivity index (χ2n) is 5.09. The highest BCUT2D eigenvalue weighted by Gasteiger charge is 2.29. The van der Waals surface area contributed by atoms with Crippen molar-refractivity contribution in [3.05, 3.63) is 29.8 Å². The van der Waals surface area contributed by atoms with Gasteiger partial charge in [-0.15, -0.1) is 0 Å². The van der Waals surface area contributed by atoms with E-state index in [1.54, 1.807) is 0 Å². The fourth-order valence-corrected chi connectivity index (χ4v) is 2.45. The summed E-state index contributed by atoms with van der Waals surface area (Å²) in [5.74, 6) is 2.00. The van der Waals surface area contributed by atoms with Gasteiger partial charge in [-0.3, -0.25) is 0 Å². The van der Waals surface area contributed by atoms with Gasteiger partial charge in [0.1, 0.15) is 11.9 Å². The number of ether oxygens (including phenoxy) is 1. The van der Waals surface area contributed by atoms with Crippen molar-refractivity contribution in [2.24, 2.45) is 5.92 Å². The van der Waals surface area contributed by atoms with Crippen LogP contribution in [0.1, 0.15) is 25.3 Å². The lowest BCUT2D eigenvalue weighted by molar-refractivity contribution is 0.220. The molecule has 1 aromatic carbocycles. The second-order valence-corrected chi connectivity index (χ2v) is 5.09. The van der Waals surface area contributed by atoms with Gasteiger partial charge < -0.3 is 10.1 Å². The van der Waals surface area contributed by atoms with Gasteiger partial charge in [-0.05, 0) is 37.3 Å². The molecule has 1 heterocycles. The van der Waals surface area contributed by atoms with Crippen LogP contribution in [0.3, 0.4) is 0 Å². The molecule has 1 N–H and O–H groups in total. The molecule has 1 saturated carbocycles. The fraction of sp³-hybridized carbons (Fsp3) is 0.571. The molecule has 2 unspecified atom stereocenters. The summed E-state index contributed by atoms with van der Waals surface area (Å²) in [6.45, 7) is 3.27. The van der Waals surface area contributed by atoms with Crippen molar-refractivity contribution in [2.45, 2.75) is 38.3 Å². The van der Waals surface area contributed by atoms with E-state index in [4.69, 9.17) is 4.74 Å². The summed E-state index contributed by atoms with van der Waals surface area (Å²) < 4.78 is 5.89. The normalized spacial score (nSPS) is 24.9. The Balaban J connectivity index is 1.52. The molecule has 0 radical (unpaired) electrons. The Labute approximate surface area is 97.0 Å². The van der Waals surface area contributed by atoms with Crippen molar-refractivity contribution in [1.82, 2.24) is 5.32 Å². The van der Waals surface area contributed by atoms with E-state index in [-0.39, 0.29) is 0 Å². The van der Waals surface area contributed by atoms with Crippen molar-refractivity contribution < 1.29 is 4.74 Å². The highest BCUT2D eigenvalue weighted by Crippen LogP contribution is 2.32. The van der Waals surface area contributed by atoms with Gasteiger partial charge in [-0.25, -0.2) is 0 Å². The monoisotopic (exact) mass is 217 g/mol. The number of fused-ring (bicyclic) bond motifs is 1. The Morgan fingerprint density at radius 2 is 2.19 bits per heavy atom. The molecule has 1 aliphatic heterocycles. The third-order valence-corrected chi connectivity index (χ3v) is 3.71. The third-order valence-electron chi connectivity index (χ3n) is 3.71. The highest BCUT2D eigenvalue weighted by molar-refractivity contribution is 5.37. The van der Waals surface area contributed by atoms with Crippen LogP contribution >= 0.6 is 0 Å². The van der Waals surface area contributed by atoms with Crippen LogP contribution in [-0.4, -0.2) is 18.7 Å². The Bertz CT molecular complexity index is 348. The first-order chi connectivity index (χ1) is 7.83. The third kappa shape index (κ3) is 2.07. The predicted molar refractivity (Wildman–Crippen MR) is 64.8 cm³/mol. The Morgan fingerprint density at radius 1 is 1.38 bits per heavy atom. The largest absolute Gasteiger partial charge is 0.488 e. The van der Waals surface area contributed by atoms with Gasteiger partial charge in [0, 0.05) is 19.0 Å². The van der Waals surface area contributed by atoms with Gasteiger partial charge in [0.2, 0.25) is 0 Å². The van der Waals surface area contributed by atoms with Crippen LogP contribution in [0.25, 0.3) is 0 Å². The second kappa shape index (κ2) is 4.10. The molecule has 0 saturated heterocycles. The highest BCUT2D eigenvalue weighted by atomic mass is 16.5. The predicted octanol–water partition coefficient (Wildman–Crippen LogP) is 2.38. The first kappa shape index (κ1) is 10.2. The zero-order valence-electron chi connectivity index (χ0n) is 9.78. The maximum atomic E-state index is 5.89. The molecular formula is C14H19NO. The molecule has 0 spiro atoms. The average Bonchev–Trinajstić information content (AvgIpc) is 3.06. The summed E-state index contributed by atoms with van der Waals surface area (Å²) in [4.78, 5) is 0. The minimum Gasteiger partial charge on any atom is -0.488 e. The molecule has 86 valence electrons. The summed E-state index contributed by atoms with van der Waals surface area (Å²) in [5.41, 5.74) is 1.35. The van der Waals surface area contributed by atoms with E-state index in [1.165, 1.54) is 18.4 Å². The van der Waals surface area contributed by atoms with E-state index in [1.807, 2.05) is 6.07 Å². The Morgan fingerprint density at radius 3 is 2.94 bits per heavy atom. The molecule has 2 heteroatoms. The zero-order valence-corrected chi connectivity index (χ0v) is 9.78. The molecule has 1 aliphatic carbocycles. The van der Waals surface area contributed by atoms with Crippen molar-refractivity contribution in [2.75, 3.05) is 6.54 Å². The van der Waals surface area contributed by atoms with Crippen LogP contribution < -0.4 is 10.1 Å². The first-order valence-electron chi connectivity index (χ1n) is 6.31. The molecule has 0 bridgehead atoms. The Kier molecular flexibility index (Phi) is 2.60. The fourth-order valence-electron chi connectivity index (χ4n) is 2.45. The van der Waals surface area contributed by atoms with E-state index in [2.05, 4.69) is 30.4 Å². The standard InChI is InChI=1S/C14H19NO/c1-10(11-6-7-11)15-9-13-8-12-4-2-3-5-14(12)16-13/h2-5,10-11,13,15H,6-9H2,1H3. The zero-order chi connectivity index (χ0) is 11.0. The van der Waals surface area contributed by atoms with E-state index in [9.17, 15) is 0 Å². The van der Waals surface area contributed by atoms with E-state index < -0.39 is 0 Å². The van der Waals surface area contributed by atoms with Gasteiger partial charge in [0.15, 0.2) is 0 Å². The van der Waals surface area contributed by atoms with Gasteiger partial charge >= 0.3 is 0 Å². The van der Waals surface area contributed by atoms with Crippen molar-refractivity contribution in [3.8, 4) is 5.75 Å². The summed E-state index contributed by atoms with van der Waals surface area (Å²) in [6.07, 6.45) is 4.19. The molecular weight excluding hydrogens is 198 g/mol. The van der Waals surface area contributed by atoms with Crippen LogP contribution in [0.2, 0.25) is 0 Å². The lowest BCUT2D eigenvalue weighted by Gasteiger charge is -2.16. The van der Waals surface area contributed by atoms with Gasteiger partial charge in [-0.1, -0.05) is 18.2 Å². The lowest BCUT2D eigenvalue weighted by atomic mass is 10.1. The molecule has 1 fully saturated rings. The number of benzene rings is 1. The van der Waals surface area contributed by atoms with Gasteiger partial charge in [0.05, 0.1) is 0 Å². The van der Waals surface area contributed by atoms with Crippen LogP contribution in [0.4, 0.5) is 0 Å². The molecule has 2 nitrogen and oxygen atoms in total. The molecule has 1 aromatic rings. The summed E-state index contributed by atoms with van der Waals surface area (Å²) in [5, 5.41) is 3.60. The molecule has 16 heavy (non-hydrogen) atoms. The molecule has 0 aromatic heterocycles. The van der Waals surface area contributed by atoms with Crippen LogP contribution in [-0.2, 0) is 6.42 Å². The van der Waals surface area contributed by atoms with Crippen LogP contribution in [0.15, 0.2) is 24.3 Å². The number of hydrogen-bond donors (Lipinski definition) is 1. The van der Waals surface area contributed by atoms with Crippen molar-refractivity contribution >= 4 is 0 Å². The van der Waals surface area contributed by atoms with Crippen molar-refractivity contribution in [1.29, 1.82) is 0 Å². The van der Waals surface area contributed by atoms with E-state index in [0.29, 0.717) is 12.1 Å². The minimum atomic E-state index is 0.332. The molecule has 2 aliphatic rings. The Hall–Kier alpha value is -1.02. The quantitative estimate of drug-likeness (QED) is 0.836. The number of rotatable bonds is 4. The van der Waals surface area contributed by atoms with Crippen LogP contribution in [0.5, 0.6) is 5.75 Å². The maximum Gasteiger partial charge on any atom is 0.123 e. The topological polar surface area (TPSA) is 21.3 Å².